The molecule has 1 amide bonds. The van der Waals surface area contributed by atoms with Crippen LogP contribution in [0.3, 0.4) is 0 Å². The van der Waals surface area contributed by atoms with E-state index >= 15 is 0 Å². The van der Waals surface area contributed by atoms with Gasteiger partial charge >= 0.3 is 0 Å². The molecule has 0 radical (unpaired) electrons. The first-order chi connectivity index (χ1) is 11.0. The minimum atomic E-state index is -0.721. The zero-order chi connectivity index (χ0) is 16.4. The number of hydrogen-bond acceptors (Lipinski definition) is 4. The fraction of sp³-hybridized carbons (Fsp3) is 0.611. The van der Waals surface area contributed by atoms with Gasteiger partial charge < -0.3 is 10.0 Å². The summed E-state index contributed by atoms with van der Waals surface area (Å²) in [5.74, 6) is 0.213. The van der Waals surface area contributed by atoms with Crippen molar-refractivity contribution in [2.75, 3.05) is 13.1 Å². The van der Waals surface area contributed by atoms with Gasteiger partial charge in [0.05, 0.1) is 5.60 Å². The van der Waals surface area contributed by atoms with Crippen molar-refractivity contribution >= 4 is 5.91 Å². The second kappa shape index (κ2) is 6.59. The van der Waals surface area contributed by atoms with Gasteiger partial charge in [-0.15, -0.1) is 0 Å². The maximum atomic E-state index is 12.7. The smallest absolute Gasteiger partial charge is 0.241 e. The van der Waals surface area contributed by atoms with Crippen LogP contribution in [0.2, 0.25) is 0 Å². The van der Waals surface area contributed by atoms with Gasteiger partial charge in [-0.05, 0) is 38.7 Å². The van der Waals surface area contributed by atoms with Crippen molar-refractivity contribution in [2.45, 2.75) is 50.8 Å². The molecule has 3 rings (SSSR count). The lowest BCUT2D eigenvalue weighted by molar-refractivity contribution is -0.140. The number of nitrogens with zero attached hydrogens (tertiary/aromatic N) is 1. The van der Waals surface area contributed by atoms with E-state index in [4.69, 9.17) is 0 Å². The van der Waals surface area contributed by atoms with Crippen LogP contribution < -0.4 is 10.9 Å². The number of rotatable bonds is 3. The van der Waals surface area contributed by atoms with Crippen molar-refractivity contribution in [3.63, 3.8) is 0 Å². The molecule has 0 aromatic heterocycles. The standard InChI is InChI=1S/C18H27N3O2/c1-13-10-16(20-19-13)17(22)21-9-8-18(2,23)15(12-21)11-14-6-4-3-5-7-14/h3-7,13,15-16,19-20,23H,8-12H2,1-2H3/t13?,15-,16?,18+/m1/s1. The van der Waals surface area contributed by atoms with E-state index in [0.717, 1.165) is 12.8 Å². The summed E-state index contributed by atoms with van der Waals surface area (Å²) in [6.45, 7) is 5.22. The maximum Gasteiger partial charge on any atom is 0.241 e. The summed E-state index contributed by atoms with van der Waals surface area (Å²) < 4.78 is 0. The number of nitrogens with one attached hydrogen (secondary N) is 2. The van der Waals surface area contributed by atoms with Crippen molar-refractivity contribution < 1.29 is 9.90 Å². The SMILES string of the molecule is CC1CC(C(=O)N2CC[C@](C)(O)[C@H](Cc3ccccc3)C2)NN1. The first-order valence-corrected chi connectivity index (χ1v) is 8.52. The Hall–Kier alpha value is -1.43. The first-order valence-electron chi connectivity index (χ1n) is 8.52. The van der Waals surface area contributed by atoms with Crippen LogP contribution in [0.1, 0.15) is 32.3 Å². The minimum Gasteiger partial charge on any atom is -0.390 e. The number of piperidine rings is 1. The number of aliphatic hydroxyl groups is 1. The fourth-order valence-corrected chi connectivity index (χ4v) is 3.60. The molecule has 1 aromatic rings. The van der Waals surface area contributed by atoms with E-state index in [9.17, 15) is 9.90 Å². The molecule has 126 valence electrons. The molecule has 2 fully saturated rings. The van der Waals surface area contributed by atoms with Gasteiger partial charge in [-0.3, -0.25) is 10.2 Å². The van der Waals surface area contributed by atoms with Crippen LogP contribution in [0.15, 0.2) is 30.3 Å². The van der Waals surface area contributed by atoms with E-state index in [0.29, 0.717) is 25.6 Å². The number of likely N-dealkylation sites (tertiary alicyclic amines) is 1. The predicted octanol–water partition coefficient (Wildman–Crippen LogP) is 1.08. The number of carbonyl (C=O) groups is 1. The molecule has 1 aromatic carbocycles. The molecule has 0 bridgehead atoms. The van der Waals surface area contributed by atoms with E-state index < -0.39 is 5.60 Å². The Morgan fingerprint density at radius 3 is 2.74 bits per heavy atom. The van der Waals surface area contributed by atoms with Gasteiger partial charge in [0.25, 0.3) is 0 Å². The van der Waals surface area contributed by atoms with Gasteiger partial charge in [0.1, 0.15) is 6.04 Å². The van der Waals surface area contributed by atoms with Crippen molar-refractivity contribution in [3.8, 4) is 0 Å². The summed E-state index contributed by atoms with van der Waals surface area (Å²) in [5, 5.41) is 10.7. The molecule has 4 atom stereocenters. The van der Waals surface area contributed by atoms with Gasteiger partial charge in [-0.25, -0.2) is 5.43 Å². The van der Waals surface area contributed by atoms with E-state index in [1.54, 1.807) is 0 Å². The Morgan fingerprint density at radius 2 is 2.09 bits per heavy atom. The molecule has 0 aliphatic carbocycles. The summed E-state index contributed by atoms with van der Waals surface area (Å²) in [6.07, 6.45) is 2.24. The second-order valence-corrected chi connectivity index (χ2v) is 7.26. The highest BCUT2D eigenvalue weighted by Crippen LogP contribution is 2.31. The largest absolute Gasteiger partial charge is 0.390 e. The highest BCUT2D eigenvalue weighted by Gasteiger charge is 2.41. The molecule has 5 nitrogen and oxygen atoms in total. The normalized spacial score (nSPS) is 34.6. The van der Waals surface area contributed by atoms with Crippen LogP contribution in [0.5, 0.6) is 0 Å². The first kappa shape index (κ1) is 16.4. The van der Waals surface area contributed by atoms with Gasteiger partial charge in [0.15, 0.2) is 0 Å². The van der Waals surface area contributed by atoms with Gasteiger partial charge in [0, 0.05) is 25.0 Å². The monoisotopic (exact) mass is 317 g/mol. The van der Waals surface area contributed by atoms with Crippen LogP contribution in [-0.4, -0.2) is 46.7 Å². The average molecular weight is 317 g/mol. The number of carbonyl (C=O) groups excluding carboxylic acids is 1. The number of hydrazine groups is 1. The van der Waals surface area contributed by atoms with Gasteiger partial charge in [-0.1, -0.05) is 30.3 Å². The highest BCUT2D eigenvalue weighted by molar-refractivity contribution is 5.82. The molecule has 2 unspecified atom stereocenters. The fourth-order valence-electron chi connectivity index (χ4n) is 3.60. The lowest BCUT2D eigenvalue weighted by Crippen LogP contribution is -2.56. The van der Waals surface area contributed by atoms with Crippen molar-refractivity contribution in [1.29, 1.82) is 0 Å². The Morgan fingerprint density at radius 1 is 1.35 bits per heavy atom. The third kappa shape index (κ3) is 3.74. The van der Waals surface area contributed by atoms with Crippen LogP contribution in [0.25, 0.3) is 0 Å². The van der Waals surface area contributed by atoms with Gasteiger partial charge in [0.2, 0.25) is 5.91 Å². The van der Waals surface area contributed by atoms with E-state index in [-0.39, 0.29) is 17.9 Å². The van der Waals surface area contributed by atoms with Gasteiger partial charge in [-0.2, -0.15) is 0 Å². The quantitative estimate of drug-likeness (QED) is 0.781. The molecule has 2 saturated heterocycles. The lowest BCUT2D eigenvalue weighted by atomic mass is 9.78. The highest BCUT2D eigenvalue weighted by atomic mass is 16.3. The number of benzene rings is 1. The molecule has 0 spiro atoms. The van der Waals surface area contributed by atoms with Crippen LogP contribution in [0, 0.1) is 5.92 Å². The van der Waals surface area contributed by atoms with Crippen LogP contribution in [-0.2, 0) is 11.2 Å². The molecule has 5 heteroatoms. The van der Waals surface area contributed by atoms with E-state index in [2.05, 4.69) is 29.9 Å². The Balaban J connectivity index is 1.67. The van der Waals surface area contributed by atoms with E-state index in [1.165, 1.54) is 5.56 Å². The topological polar surface area (TPSA) is 64.6 Å². The molecule has 2 heterocycles. The summed E-state index contributed by atoms with van der Waals surface area (Å²) >= 11 is 0. The third-order valence-corrected chi connectivity index (χ3v) is 5.24. The Bertz CT molecular complexity index is 546. The molecular formula is C18H27N3O2. The lowest BCUT2D eigenvalue weighted by Gasteiger charge is -2.43. The molecule has 2 aliphatic rings. The van der Waals surface area contributed by atoms with Crippen molar-refractivity contribution in [2.24, 2.45) is 5.92 Å². The molecule has 3 N–H and O–H groups in total. The predicted molar refractivity (Wildman–Crippen MR) is 89.6 cm³/mol. The Labute approximate surface area is 138 Å². The number of hydrogen-bond donors (Lipinski definition) is 3. The molecular weight excluding hydrogens is 290 g/mol. The molecule has 2 aliphatic heterocycles. The zero-order valence-electron chi connectivity index (χ0n) is 14.0. The summed E-state index contributed by atoms with van der Waals surface area (Å²) in [4.78, 5) is 14.6. The maximum absolute atomic E-state index is 12.7. The molecule has 0 saturated carbocycles. The minimum absolute atomic E-state index is 0.0642. The summed E-state index contributed by atoms with van der Waals surface area (Å²) in [7, 11) is 0. The zero-order valence-corrected chi connectivity index (χ0v) is 14.0. The summed E-state index contributed by atoms with van der Waals surface area (Å²) in [5.41, 5.74) is 6.68. The van der Waals surface area contributed by atoms with Crippen LogP contribution >= 0.6 is 0 Å². The molecule has 23 heavy (non-hydrogen) atoms. The van der Waals surface area contributed by atoms with E-state index in [1.807, 2.05) is 30.0 Å². The van der Waals surface area contributed by atoms with Crippen molar-refractivity contribution in [1.82, 2.24) is 15.8 Å². The average Bonchev–Trinajstić information content (AvgIpc) is 2.96. The third-order valence-electron chi connectivity index (χ3n) is 5.24. The second-order valence-electron chi connectivity index (χ2n) is 7.26. The van der Waals surface area contributed by atoms with Crippen molar-refractivity contribution in [3.05, 3.63) is 35.9 Å². The Kier molecular flexibility index (Phi) is 4.71. The number of amides is 1. The van der Waals surface area contributed by atoms with Crippen LogP contribution in [0.4, 0.5) is 0 Å². The summed E-state index contributed by atoms with van der Waals surface area (Å²) in [6, 6.07) is 10.4.